The molecule has 2 heterocycles. The molecule has 2 fully saturated rings. The standard InChI is InChI=1S/C16H23N3O3S2.CH2O2/c1-11-18-19-15(24-11)23-9-5-8-17-14(21)12-10-13(20)22-16(12)6-3-2-4-7-16;2-1-3/h12H,2-10H2,1H3,(H,17,21);1H,(H,2,3). The Labute approximate surface area is 166 Å². The molecule has 3 rings (SSSR count). The molecular weight excluding hydrogens is 390 g/mol. The van der Waals surface area contributed by atoms with Gasteiger partial charge in [-0.2, -0.15) is 0 Å². The van der Waals surface area contributed by atoms with Gasteiger partial charge in [-0.25, -0.2) is 0 Å². The van der Waals surface area contributed by atoms with Gasteiger partial charge in [-0.3, -0.25) is 14.4 Å². The number of rotatable bonds is 6. The van der Waals surface area contributed by atoms with E-state index in [2.05, 4.69) is 15.5 Å². The van der Waals surface area contributed by atoms with Crippen molar-refractivity contribution in [1.82, 2.24) is 15.5 Å². The van der Waals surface area contributed by atoms with Crippen LogP contribution in [0, 0.1) is 12.8 Å². The summed E-state index contributed by atoms with van der Waals surface area (Å²) >= 11 is 3.25. The predicted octanol–water partition coefficient (Wildman–Crippen LogP) is 2.41. The van der Waals surface area contributed by atoms with Gasteiger partial charge in [0.05, 0.1) is 12.3 Å². The summed E-state index contributed by atoms with van der Waals surface area (Å²) in [4.78, 5) is 32.6. The summed E-state index contributed by atoms with van der Waals surface area (Å²) in [6.45, 7) is 2.30. The average molecular weight is 416 g/mol. The Kier molecular flexibility index (Phi) is 8.49. The molecule has 0 aromatic carbocycles. The van der Waals surface area contributed by atoms with E-state index in [4.69, 9.17) is 14.6 Å². The monoisotopic (exact) mass is 415 g/mol. The Balaban J connectivity index is 0.000000817. The van der Waals surface area contributed by atoms with Crippen molar-refractivity contribution in [2.24, 2.45) is 5.92 Å². The zero-order valence-electron chi connectivity index (χ0n) is 15.3. The molecule has 1 aliphatic carbocycles. The van der Waals surface area contributed by atoms with E-state index in [1.54, 1.807) is 23.1 Å². The van der Waals surface area contributed by atoms with Gasteiger partial charge >= 0.3 is 5.97 Å². The van der Waals surface area contributed by atoms with Gasteiger partial charge in [-0.1, -0.05) is 29.5 Å². The lowest BCUT2D eigenvalue weighted by atomic mass is 9.75. The van der Waals surface area contributed by atoms with Gasteiger partial charge in [-0.05, 0) is 39.0 Å². The molecule has 1 aromatic heterocycles. The predicted molar refractivity (Wildman–Crippen MR) is 102 cm³/mol. The fraction of sp³-hybridized carbons (Fsp3) is 0.706. The van der Waals surface area contributed by atoms with Crippen molar-refractivity contribution in [3.63, 3.8) is 0 Å². The maximum atomic E-state index is 12.5. The lowest BCUT2D eigenvalue weighted by Crippen LogP contribution is -2.46. The van der Waals surface area contributed by atoms with Crippen LogP contribution in [-0.4, -0.2) is 51.6 Å². The molecule has 1 aromatic rings. The van der Waals surface area contributed by atoms with E-state index >= 15 is 0 Å². The van der Waals surface area contributed by atoms with Crippen LogP contribution in [0.1, 0.15) is 50.0 Å². The molecule has 1 spiro atoms. The van der Waals surface area contributed by atoms with Crippen molar-refractivity contribution < 1.29 is 24.2 Å². The molecule has 10 heteroatoms. The van der Waals surface area contributed by atoms with Crippen LogP contribution in [0.2, 0.25) is 0 Å². The summed E-state index contributed by atoms with van der Waals surface area (Å²) in [6, 6.07) is 0. The molecule has 2 aliphatic rings. The molecular formula is C17H25N3O5S2. The fourth-order valence-electron chi connectivity index (χ4n) is 3.53. The number of carboxylic acid groups (broad SMARTS) is 1. The summed E-state index contributed by atoms with van der Waals surface area (Å²) in [5, 5.41) is 18.9. The van der Waals surface area contributed by atoms with Crippen LogP contribution in [0.25, 0.3) is 0 Å². The van der Waals surface area contributed by atoms with Gasteiger partial charge in [0.25, 0.3) is 6.47 Å². The first-order chi connectivity index (χ1) is 13.0. The van der Waals surface area contributed by atoms with Gasteiger partial charge in [0.1, 0.15) is 10.6 Å². The fourth-order valence-corrected chi connectivity index (χ4v) is 5.35. The number of hydrogen-bond acceptors (Lipinski definition) is 8. The topological polar surface area (TPSA) is 118 Å². The highest BCUT2D eigenvalue weighted by Gasteiger charge is 2.52. The Morgan fingerprint density at radius 3 is 2.74 bits per heavy atom. The molecule has 1 unspecified atom stereocenters. The van der Waals surface area contributed by atoms with Crippen molar-refractivity contribution in [3.8, 4) is 0 Å². The van der Waals surface area contributed by atoms with E-state index in [1.165, 1.54) is 0 Å². The number of amides is 1. The number of aromatic nitrogens is 2. The van der Waals surface area contributed by atoms with E-state index in [9.17, 15) is 9.59 Å². The second kappa shape index (κ2) is 10.6. The van der Waals surface area contributed by atoms with Crippen LogP contribution in [0.5, 0.6) is 0 Å². The number of hydrogen-bond donors (Lipinski definition) is 2. The zero-order valence-corrected chi connectivity index (χ0v) is 16.9. The molecule has 27 heavy (non-hydrogen) atoms. The van der Waals surface area contributed by atoms with Crippen molar-refractivity contribution in [2.45, 2.75) is 61.8 Å². The molecule has 150 valence electrons. The molecule has 0 radical (unpaired) electrons. The number of carbonyl (C=O) groups excluding carboxylic acids is 2. The number of ether oxygens (including phenoxy) is 1. The van der Waals surface area contributed by atoms with Gasteiger partial charge in [-0.15, -0.1) is 10.2 Å². The van der Waals surface area contributed by atoms with Crippen LogP contribution < -0.4 is 5.32 Å². The quantitative estimate of drug-likeness (QED) is 0.315. The minimum absolute atomic E-state index is 0.0282. The smallest absolute Gasteiger partial charge is 0.307 e. The van der Waals surface area contributed by atoms with Gasteiger partial charge in [0.2, 0.25) is 5.91 Å². The third-order valence-corrected chi connectivity index (χ3v) is 6.75. The Hall–Kier alpha value is -1.68. The van der Waals surface area contributed by atoms with Crippen molar-refractivity contribution in [3.05, 3.63) is 5.01 Å². The van der Waals surface area contributed by atoms with Gasteiger partial charge in [0.15, 0.2) is 4.34 Å². The minimum atomic E-state index is -0.530. The van der Waals surface area contributed by atoms with Crippen LogP contribution in [0.3, 0.4) is 0 Å². The van der Waals surface area contributed by atoms with E-state index in [0.29, 0.717) is 6.54 Å². The zero-order chi connectivity index (χ0) is 19.7. The summed E-state index contributed by atoms with van der Waals surface area (Å²) in [6.07, 6.45) is 5.97. The highest BCUT2D eigenvalue weighted by Crippen LogP contribution is 2.44. The normalized spacial score (nSPS) is 20.5. The van der Waals surface area contributed by atoms with Crippen molar-refractivity contribution in [2.75, 3.05) is 12.3 Å². The number of aryl methyl sites for hydroxylation is 1. The third kappa shape index (κ3) is 6.17. The second-order valence-corrected chi connectivity index (χ2v) is 9.07. The summed E-state index contributed by atoms with van der Waals surface area (Å²) < 4.78 is 6.56. The van der Waals surface area contributed by atoms with E-state index in [0.717, 1.165) is 53.6 Å². The number of nitrogens with one attached hydrogen (secondary N) is 1. The summed E-state index contributed by atoms with van der Waals surface area (Å²) in [5.74, 6) is 0.322. The number of nitrogens with zero attached hydrogens (tertiary/aromatic N) is 2. The molecule has 1 aliphatic heterocycles. The number of esters is 1. The van der Waals surface area contributed by atoms with Crippen LogP contribution >= 0.6 is 23.1 Å². The summed E-state index contributed by atoms with van der Waals surface area (Å²) in [7, 11) is 0. The van der Waals surface area contributed by atoms with Crippen LogP contribution in [-0.2, 0) is 19.1 Å². The first-order valence-corrected chi connectivity index (χ1v) is 10.8. The number of carbonyl (C=O) groups is 3. The Morgan fingerprint density at radius 1 is 1.41 bits per heavy atom. The average Bonchev–Trinajstić information content (AvgIpc) is 3.19. The molecule has 1 atom stereocenters. The lowest BCUT2D eigenvalue weighted by Gasteiger charge is -2.36. The first-order valence-electron chi connectivity index (χ1n) is 9.01. The van der Waals surface area contributed by atoms with Crippen LogP contribution in [0.15, 0.2) is 4.34 Å². The SMILES string of the molecule is Cc1nnc(SCCCNC(=O)C2CC(=O)OC23CCCCC3)s1.O=CO. The highest BCUT2D eigenvalue weighted by molar-refractivity contribution is 8.01. The van der Waals surface area contributed by atoms with E-state index in [1.807, 2.05) is 6.92 Å². The molecule has 1 saturated heterocycles. The highest BCUT2D eigenvalue weighted by atomic mass is 32.2. The lowest BCUT2D eigenvalue weighted by molar-refractivity contribution is -0.153. The molecule has 2 N–H and O–H groups in total. The Bertz CT molecular complexity index is 646. The summed E-state index contributed by atoms with van der Waals surface area (Å²) in [5.41, 5.74) is -0.530. The third-order valence-electron chi connectivity index (χ3n) is 4.69. The molecule has 0 bridgehead atoms. The molecule has 1 amide bonds. The van der Waals surface area contributed by atoms with Crippen LogP contribution in [0.4, 0.5) is 0 Å². The molecule has 8 nitrogen and oxygen atoms in total. The minimum Gasteiger partial charge on any atom is -0.483 e. The van der Waals surface area contributed by atoms with Crippen molar-refractivity contribution in [1.29, 1.82) is 0 Å². The Morgan fingerprint density at radius 2 is 2.11 bits per heavy atom. The molecule has 1 saturated carbocycles. The van der Waals surface area contributed by atoms with Crippen molar-refractivity contribution >= 4 is 41.4 Å². The first kappa shape index (κ1) is 21.6. The maximum Gasteiger partial charge on any atom is 0.307 e. The largest absolute Gasteiger partial charge is 0.483 e. The van der Waals surface area contributed by atoms with E-state index in [-0.39, 0.29) is 30.7 Å². The second-order valence-electron chi connectivity index (χ2n) is 6.54. The van der Waals surface area contributed by atoms with Gasteiger partial charge in [0, 0.05) is 12.3 Å². The van der Waals surface area contributed by atoms with E-state index < -0.39 is 5.60 Å². The maximum absolute atomic E-state index is 12.5. The van der Waals surface area contributed by atoms with Gasteiger partial charge < -0.3 is 15.2 Å². The number of thioether (sulfide) groups is 1.